The summed E-state index contributed by atoms with van der Waals surface area (Å²) in [6.07, 6.45) is 10.5. The number of anilines is 2. The third-order valence-corrected chi connectivity index (χ3v) is 4.43. The van der Waals surface area contributed by atoms with Crippen molar-refractivity contribution in [2.75, 3.05) is 17.7 Å². The molecule has 2 N–H and O–H groups in total. The van der Waals surface area contributed by atoms with Crippen LogP contribution in [0.3, 0.4) is 0 Å². The molecule has 1 heterocycles. The third-order valence-electron chi connectivity index (χ3n) is 4.43. The number of methoxy groups -OCH3 is 1. The molecule has 0 atom stereocenters. The maximum absolute atomic E-state index is 12.3. The van der Waals surface area contributed by atoms with E-state index in [1.807, 2.05) is 18.2 Å². The lowest BCUT2D eigenvalue weighted by molar-refractivity contribution is 0.102. The standard InChI is InChI=1S/C19H24N4O2/c1-25-17-10-6-9-16(11-17)22-18(24)14-12-20-19(21-13-14)23-15-7-4-2-3-5-8-15/h6,9-13,15H,2-5,7-8H2,1H3,(H,22,24)(H,20,21,23). The number of hydrogen-bond acceptors (Lipinski definition) is 5. The average Bonchev–Trinajstić information content (AvgIpc) is 2.91. The van der Waals surface area contributed by atoms with E-state index < -0.39 is 0 Å². The molecular weight excluding hydrogens is 316 g/mol. The highest BCUT2D eigenvalue weighted by molar-refractivity contribution is 6.03. The van der Waals surface area contributed by atoms with Gasteiger partial charge in [0.2, 0.25) is 5.95 Å². The monoisotopic (exact) mass is 340 g/mol. The van der Waals surface area contributed by atoms with Gasteiger partial charge in [-0.1, -0.05) is 31.7 Å². The minimum absolute atomic E-state index is 0.241. The Morgan fingerprint density at radius 2 is 1.84 bits per heavy atom. The van der Waals surface area contributed by atoms with E-state index in [0.717, 1.165) is 12.8 Å². The molecule has 1 amide bonds. The molecule has 6 heteroatoms. The highest BCUT2D eigenvalue weighted by Crippen LogP contribution is 2.20. The SMILES string of the molecule is COc1cccc(NC(=O)c2cnc(NC3CCCCCC3)nc2)c1. The quantitative estimate of drug-likeness (QED) is 0.808. The van der Waals surface area contributed by atoms with Crippen molar-refractivity contribution in [3.05, 3.63) is 42.2 Å². The molecule has 1 fully saturated rings. The number of nitrogens with one attached hydrogen (secondary N) is 2. The van der Waals surface area contributed by atoms with E-state index >= 15 is 0 Å². The second-order valence-electron chi connectivity index (χ2n) is 6.31. The molecule has 0 bridgehead atoms. The lowest BCUT2D eigenvalue weighted by Gasteiger charge is -2.15. The van der Waals surface area contributed by atoms with Gasteiger partial charge in [-0.2, -0.15) is 0 Å². The van der Waals surface area contributed by atoms with Crippen molar-refractivity contribution in [1.29, 1.82) is 0 Å². The second kappa shape index (κ2) is 8.46. The summed E-state index contributed by atoms with van der Waals surface area (Å²) in [6.45, 7) is 0. The average molecular weight is 340 g/mol. The Labute approximate surface area is 148 Å². The Balaban J connectivity index is 1.59. The lowest BCUT2D eigenvalue weighted by Crippen LogP contribution is -2.20. The number of aromatic nitrogens is 2. The number of carbonyl (C=O) groups is 1. The molecule has 1 aromatic heterocycles. The van der Waals surface area contributed by atoms with Crippen molar-refractivity contribution in [2.24, 2.45) is 0 Å². The highest BCUT2D eigenvalue weighted by atomic mass is 16.5. The molecule has 2 aromatic rings. The third kappa shape index (κ3) is 4.92. The predicted molar refractivity (Wildman–Crippen MR) is 98.1 cm³/mol. The summed E-state index contributed by atoms with van der Waals surface area (Å²) in [5, 5.41) is 6.20. The summed E-state index contributed by atoms with van der Waals surface area (Å²) in [5.74, 6) is 1.04. The van der Waals surface area contributed by atoms with Gasteiger partial charge in [0.05, 0.1) is 12.7 Å². The molecule has 1 saturated carbocycles. The van der Waals surface area contributed by atoms with Gasteiger partial charge in [0, 0.05) is 30.2 Å². The summed E-state index contributed by atoms with van der Waals surface area (Å²) in [4.78, 5) is 20.9. The van der Waals surface area contributed by atoms with Gasteiger partial charge in [0.25, 0.3) is 5.91 Å². The summed E-state index contributed by atoms with van der Waals surface area (Å²) >= 11 is 0. The van der Waals surface area contributed by atoms with Gasteiger partial charge in [-0.15, -0.1) is 0 Å². The maximum Gasteiger partial charge on any atom is 0.258 e. The molecule has 6 nitrogen and oxygen atoms in total. The van der Waals surface area contributed by atoms with Crippen LogP contribution in [0.25, 0.3) is 0 Å². The predicted octanol–water partition coefficient (Wildman–Crippen LogP) is 3.87. The number of benzene rings is 1. The minimum atomic E-state index is -0.241. The fraction of sp³-hybridized carbons (Fsp3) is 0.421. The first-order valence-electron chi connectivity index (χ1n) is 8.78. The van der Waals surface area contributed by atoms with Gasteiger partial charge < -0.3 is 15.4 Å². The molecule has 0 spiro atoms. The fourth-order valence-electron chi connectivity index (χ4n) is 3.03. The van der Waals surface area contributed by atoms with Gasteiger partial charge in [0.1, 0.15) is 5.75 Å². The Hall–Kier alpha value is -2.63. The van der Waals surface area contributed by atoms with Gasteiger partial charge in [-0.05, 0) is 25.0 Å². The zero-order valence-electron chi connectivity index (χ0n) is 14.5. The van der Waals surface area contributed by atoms with Crippen LogP contribution < -0.4 is 15.4 Å². The van der Waals surface area contributed by atoms with Gasteiger partial charge in [0.15, 0.2) is 0 Å². The van der Waals surface area contributed by atoms with E-state index in [0.29, 0.717) is 29.0 Å². The number of ether oxygens (including phenoxy) is 1. The summed E-state index contributed by atoms with van der Waals surface area (Å²) in [6, 6.07) is 7.65. The Morgan fingerprint density at radius 1 is 1.12 bits per heavy atom. The molecule has 0 saturated heterocycles. The van der Waals surface area contributed by atoms with Crippen molar-refractivity contribution < 1.29 is 9.53 Å². The Morgan fingerprint density at radius 3 is 2.52 bits per heavy atom. The van der Waals surface area contributed by atoms with Gasteiger partial charge >= 0.3 is 0 Å². The van der Waals surface area contributed by atoms with E-state index in [1.54, 1.807) is 25.6 Å². The topological polar surface area (TPSA) is 76.1 Å². The van der Waals surface area contributed by atoms with Crippen LogP contribution in [0.4, 0.5) is 11.6 Å². The number of nitrogens with zero attached hydrogens (tertiary/aromatic N) is 2. The van der Waals surface area contributed by atoms with Crippen LogP contribution in [0.5, 0.6) is 5.75 Å². The second-order valence-corrected chi connectivity index (χ2v) is 6.31. The molecule has 1 aliphatic carbocycles. The zero-order chi connectivity index (χ0) is 17.5. The van der Waals surface area contributed by atoms with Crippen molar-refractivity contribution in [3.63, 3.8) is 0 Å². The van der Waals surface area contributed by atoms with Crippen LogP contribution in [-0.4, -0.2) is 29.0 Å². The number of hydrogen-bond donors (Lipinski definition) is 2. The molecule has 0 aliphatic heterocycles. The lowest BCUT2D eigenvalue weighted by atomic mass is 10.1. The van der Waals surface area contributed by atoms with E-state index in [1.165, 1.54) is 25.7 Å². The van der Waals surface area contributed by atoms with Crippen molar-refractivity contribution >= 4 is 17.5 Å². The van der Waals surface area contributed by atoms with Crippen LogP contribution in [-0.2, 0) is 0 Å². The largest absolute Gasteiger partial charge is 0.497 e. The van der Waals surface area contributed by atoms with Crippen LogP contribution in [0, 0.1) is 0 Å². The molecule has 0 unspecified atom stereocenters. The van der Waals surface area contributed by atoms with E-state index in [-0.39, 0.29) is 5.91 Å². The van der Waals surface area contributed by atoms with Gasteiger partial charge in [-0.3, -0.25) is 4.79 Å². The number of carbonyl (C=O) groups excluding carboxylic acids is 1. The van der Waals surface area contributed by atoms with Crippen LogP contribution >= 0.6 is 0 Å². The number of rotatable bonds is 5. The van der Waals surface area contributed by atoms with Crippen LogP contribution in [0.1, 0.15) is 48.9 Å². The normalized spacial score (nSPS) is 15.2. The van der Waals surface area contributed by atoms with E-state index in [4.69, 9.17) is 4.74 Å². The molecule has 0 radical (unpaired) electrons. The van der Waals surface area contributed by atoms with E-state index in [9.17, 15) is 4.79 Å². The van der Waals surface area contributed by atoms with E-state index in [2.05, 4.69) is 20.6 Å². The van der Waals surface area contributed by atoms with Gasteiger partial charge in [-0.25, -0.2) is 9.97 Å². The van der Waals surface area contributed by atoms with Crippen molar-refractivity contribution in [2.45, 2.75) is 44.6 Å². The van der Waals surface area contributed by atoms with Crippen molar-refractivity contribution in [1.82, 2.24) is 9.97 Å². The zero-order valence-corrected chi connectivity index (χ0v) is 14.5. The summed E-state index contributed by atoms with van der Waals surface area (Å²) in [5.41, 5.74) is 1.10. The first-order valence-corrected chi connectivity index (χ1v) is 8.78. The molecule has 132 valence electrons. The van der Waals surface area contributed by atoms with Crippen LogP contribution in [0.2, 0.25) is 0 Å². The Bertz CT molecular complexity index is 695. The minimum Gasteiger partial charge on any atom is -0.497 e. The molecule has 25 heavy (non-hydrogen) atoms. The summed E-state index contributed by atoms with van der Waals surface area (Å²) in [7, 11) is 1.59. The molecule has 1 aromatic carbocycles. The maximum atomic E-state index is 12.3. The molecule has 3 rings (SSSR count). The van der Waals surface area contributed by atoms with Crippen LogP contribution in [0.15, 0.2) is 36.7 Å². The summed E-state index contributed by atoms with van der Waals surface area (Å²) < 4.78 is 5.15. The fourth-order valence-corrected chi connectivity index (χ4v) is 3.03. The van der Waals surface area contributed by atoms with Crippen molar-refractivity contribution in [3.8, 4) is 5.75 Å². The molecule has 1 aliphatic rings. The number of amides is 1. The first kappa shape index (κ1) is 17.2. The Kier molecular flexibility index (Phi) is 5.82. The first-order chi connectivity index (χ1) is 12.2. The smallest absolute Gasteiger partial charge is 0.258 e. The molecular formula is C19H24N4O2. The highest BCUT2D eigenvalue weighted by Gasteiger charge is 2.14.